The van der Waals surface area contributed by atoms with Crippen molar-refractivity contribution in [3.8, 4) is 0 Å². The van der Waals surface area contributed by atoms with E-state index in [4.69, 9.17) is 19.3 Å². The molecule has 0 saturated heterocycles. The lowest BCUT2D eigenvalue weighted by atomic mass is 10.1. The van der Waals surface area contributed by atoms with Crippen LogP contribution in [-0.4, -0.2) is 52.3 Å². The van der Waals surface area contributed by atoms with Crippen LogP contribution in [0.25, 0.3) is 0 Å². The second-order valence-electron chi connectivity index (χ2n) is 12.4. The number of hydrogen-bond acceptors (Lipinski definition) is 7. The monoisotopic (exact) mass is 734 g/mol. The molecule has 10 heteroatoms. The topological polar surface area (TPSA) is 140 Å². The third-order valence-corrected chi connectivity index (χ3v) is 7.99. The Morgan fingerprint density at radius 1 is 0.627 bits per heavy atom. The Bertz CT molecular complexity index is 1110. The van der Waals surface area contributed by atoms with Gasteiger partial charge in [-0.1, -0.05) is 137 Å². The number of ether oxygens (including phenoxy) is 2. The molecule has 0 aliphatic heterocycles. The molecule has 0 aromatic carbocycles. The second-order valence-corrected chi connectivity index (χ2v) is 13.6. The molecular weight excluding hydrogens is 667 g/mol. The Morgan fingerprint density at radius 2 is 1.22 bits per heavy atom. The third-order valence-electron chi connectivity index (χ3n) is 7.51. The van der Waals surface area contributed by atoms with Crippen molar-refractivity contribution in [2.75, 3.05) is 13.2 Å². The average molecular weight is 735 g/mol. The van der Waals surface area contributed by atoms with Crippen molar-refractivity contribution in [3.05, 3.63) is 85.1 Å². The fourth-order valence-corrected chi connectivity index (χ4v) is 5.02. The molecule has 0 aliphatic carbocycles. The quantitative estimate of drug-likeness (QED) is 0.0198. The van der Waals surface area contributed by atoms with Gasteiger partial charge in [0.15, 0.2) is 6.10 Å². The van der Waals surface area contributed by atoms with Crippen LogP contribution in [0, 0.1) is 0 Å². The summed E-state index contributed by atoms with van der Waals surface area (Å²) in [5.74, 6) is -1.02. The molecule has 0 aromatic heterocycles. The molecule has 0 spiro atoms. The maximum absolute atomic E-state index is 12.3. The van der Waals surface area contributed by atoms with Crippen molar-refractivity contribution in [1.82, 2.24) is 0 Å². The maximum Gasteiger partial charge on any atom is 0.469 e. The van der Waals surface area contributed by atoms with Gasteiger partial charge in [0.05, 0.1) is 12.7 Å². The standard InChI is InChI=1S/C41H67O9P/c1-3-5-7-9-11-12-13-14-15-16-17-18-22-26-30-34-40(43)48-36-39(37-49-51(45,46)47)50-41(44)35-31-27-23-20-19-21-25-29-33-38(42)32-28-24-10-8-6-4-2/h6,8,12-15,20-21,23-25,28-29,33,38-39,42H,3-5,7,9-11,16-19,22,26-27,30-32,34-37H2,1-2H3,(H2,45,46,47)/b8-6-,13-12-,15-14-,23-20-,25-21-,28-24-,33-29+/t38?,39-/m1/s1. The summed E-state index contributed by atoms with van der Waals surface area (Å²) in [5, 5.41) is 9.97. The van der Waals surface area contributed by atoms with Crippen LogP contribution in [-0.2, 0) is 28.2 Å². The van der Waals surface area contributed by atoms with Gasteiger partial charge in [0.2, 0.25) is 0 Å². The Morgan fingerprint density at radius 3 is 1.92 bits per heavy atom. The van der Waals surface area contributed by atoms with Crippen molar-refractivity contribution < 1.29 is 43.0 Å². The molecule has 290 valence electrons. The highest BCUT2D eigenvalue weighted by Crippen LogP contribution is 2.35. The minimum atomic E-state index is -4.79. The first-order valence-electron chi connectivity index (χ1n) is 19.0. The van der Waals surface area contributed by atoms with Gasteiger partial charge in [-0.05, 0) is 70.6 Å². The van der Waals surface area contributed by atoms with E-state index in [0.29, 0.717) is 32.1 Å². The van der Waals surface area contributed by atoms with Crippen LogP contribution in [0.4, 0.5) is 0 Å². The van der Waals surface area contributed by atoms with E-state index in [9.17, 15) is 19.3 Å². The van der Waals surface area contributed by atoms with Crippen molar-refractivity contribution in [3.63, 3.8) is 0 Å². The first-order chi connectivity index (χ1) is 24.7. The van der Waals surface area contributed by atoms with Crippen LogP contribution >= 0.6 is 7.82 Å². The number of rotatable bonds is 33. The molecule has 0 rings (SSSR count). The van der Waals surface area contributed by atoms with E-state index < -0.39 is 38.6 Å². The van der Waals surface area contributed by atoms with Crippen LogP contribution in [0.15, 0.2) is 85.1 Å². The lowest BCUT2D eigenvalue weighted by Crippen LogP contribution is -2.29. The molecular formula is C41H67O9P. The number of unbranched alkanes of at least 4 members (excludes halogenated alkanes) is 10. The zero-order valence-corrected chi connectivity index (χ0v) is 32.2. The predicted octanol–water partition coefficient (Wildman–Crippen LogP) is 10.3. The molecule has 9 nitrogen and oxygen atoms in total. The fourth-order valence-electron chi connectivity index (χ4n) is 4.66. The fraction of sp³-hybridized carbons (Fsp3) is 0.610. The number of carbonyl (C=O) groups excluding carboxylic acids is 2. The van der Waals surface area contributed by atoms with E-state index in [1.807, 2.05) is 42.5 Å². The van der Waals surface area contributed by atoms with Crippen LogP contribution in [0.2, 0.25) is 0 Å². The molecule has 0 aromatic rings. The van der Waals surface area contributed by atoms with Crippen molar-refractivity contribution in [1.29, 1.82) is 0 Å². The summed E-state index contributed by atoms with van der Waals surface area (Å²) < 4.78 is 26.2. The van der Waals surface area contributed by atoms with Crippen LogP contribution in [0.3, 0.4) is 0 Å². The summed E-state index contributed by atoms with van der Waals surface area (Å²) >= 11 is 0. The largest absolute Gasteiger partial charge is 0.469 e. The molecule has 0 bridgehead atoms. The Hall–Kier alpha value is -2.81. The summed E-state index contributed by atoms with van der Waals surface area (Å²) in [5.41, 5.74) is 0. The number of phosphoric ester groups is 1. The highest BCUT2D eigenvalue weighted by atomic mass is 31.2. The van der Waals surface area contributed by atoms with E-state index in [-0.39, 0.29) is 19.4 Å². The minimum absolute atomic E-state index is 0.0934. The molecule has 0 heterocycles. The van der Waals surface area contributed by atoms with Gasteiger partial charge in [0.1, 0.15) is 6.61 Å². The van der Waals surface area contributed by atoms with Crippen LogP contribution in [0.5, 0.6) is 0 Å². The average Bonchev–Trinajstić information content (AvgIpc) is 3.09. The van der Waals surface area contributed by atoms with Gasteiger partial charge >= 0.3 is 19.8 Å². The molecule has 51 heavy (non-hydrogen) atoms. The van der Waals surface area contributed by atoms with Gasteiger partial charge in [0.25, 0.3) is 0 Å². The zero-order chi connectivity index (χ0) is 37.7. The van der Waals surface area contributed by atoms with Crippen LogP contribution in [0.1, 0.15) is 136 Å². The number of aliphatic hydroxyl groups is 1. The lowest BCUT2D eigenvalue weighted by Gasteiger charge is -2.18. The molecule has 0 amide bonds. The van der Waals surface area contributed by atoms with E-state index in [2.05, 4.69) is 54.8 Å². The number of allylic oxidation sites excluding steroid dienone is 12. The molecule has 0 aliphatic rings. The third kappa shape index (κ3) is 38.3. The molecule has 3 N–H and O–H groups in total. The zero-order valence-electron chi connectivity index (χ0n) is 31.3. The maximum atomic E-state index is 12.3. The highest BCUT2D eigenvalue weighted by molar-refractivity contribution is 7.46. The molecule has 1 unspecified atom stereocenters. The highest BCUT2D eigenvalue weighted by Gasteiger charge is 2.22. The van der Waals surface area contributed by atoms with Gasteiger partial charge < -0.3 is 24.4 Å². The van der Waals surface area contributed by atoms with Gasteiger partial charge in [-0.3, -0.25) is 14.1 Å². The molecule has 0 saturated carbocycles. The predicted molar refractivity (Wildman–Crippen MR) is 208 cm³/mol. The Labute approximate surface area is 308 Å². The van der Waals surface area contributed by atoms with Crippen molar-refractivity contribution >= 4 is 19.8 Å². The Kier molecular flexibility index (Phi) is 33.6. The number of phosphoric acid groups is 1. The summed E-state index contributed by atoms with van der Waals surface area (Å²) in [6.45, 7) is 3.39. The van der Waals surface area contributed by atoms with Crippen molar-refractivity contribution in [2.24, 2.45) is 0 Å². The number of aliphatic hydroxyl groups excluding tert-OH is 1. The lowest BCUT2D eigenvalue weighted by molar-refractivity contribution is -0.161. The Balaban J connectivity index is 4.20. The summed E-state index contributed by atoms with van der Waals surface area (Å²) in [7, 11) is -4.79. The number of carbonyl (C=O) groups is 2. The second kappa shape index (κ2) is 35.6. The molecule has 2 atom stereocenters. The van der Waals surface area contributed by atoms with Gasteiger partial charge in [-0.2, -0.15) is 0 Å². The normalized spacial score (nSPS) is 14.1. The van der Waals surface area contributed by atoms with Gasteiger partial charge in [0, 0.05) is 12.8 Å². The minimum Gasteiger partial charge on any atom is -0.462 e. The summed E-state index contributed by atoms with van der Waals surface area (Å²) in [6.07, 6.45) is 43.4. The first kappa shape index (κ1) is 48.2. The summed E-state index contributed by atoms with van der Waals surface area (Å²) in [4.78, 5) is 42.7. The van der Waals surface area contributed by atoms with E-state index in [0.717, 1.165) is 51.4 Å². The number of esters is 2. The SMILES string of the molecule is CC/C=C\C/C=C\CC(O)/C=C/C=C\C/C=C\CCCC(=O)O[C@H](COC(=O)CCCCCCC/C=C\C=C/CCCCCC)COP(=O)(O)O. The smallest absolute Gasteiger partial charge is 0.462 e. The number of hydrogen-bond donors (Lipinski definition) is 3. The summed E-state index contributed by atoms with van der Waals surface area (Å²) in [6, 6.07) is 0. The van der Waals surface area contributed by atoms with E-state index >= 15 is 0 Å². The molecule has 0 radical (unpaired) electrons. The van der Waals surface area contributed by atoms with E-state index in [1.165, 1.54) is 25.7 Å². The van der Waals surface area contributed by atoms with Gasteiger partial charge in [-0.15, -0.1) is 0 Å². The van der Waals surface area contributed by atoms with Crippen molar-refractivity contribution in [2.45, 2.75) is 148 Å². The van der Waals surface area contributed by atoms with E-state index in [1.54, 1.807) is 6.08 Å². The van der Waals surface area contributed by atoms with Crippen LogP contribution < -0.4 is 0 Å². The molecule has 0 fully saturated rings. The van der Waals surface area contributed by atoms with Gasteiger partial charge in [-0.25, -0.2) is 4.57 Å². The first-order valence-corrected chi connectivity index (χ1v) is 20.5.